The summed E-state index contributed by atoms with van der Waals surface area (Å²) in [6, 6.07) is 20.3. The minimum atomic E-state index is -3.40. The van der Waals surface area contributed by atoms with E-state index in [0.29, 0.717) is 34.0 Å². The highest BCUT2D eigenvalue weighted by Crippen LogP contribution is 2.39. The molecule has 32 heavy (non-hydrogen) atoms. The Hall–Kier alpha value is -3.54. The van der Waals surface area contributed by atoms with E-state index >= 15 is 0 Å². The number of hydrogen-bond acceptors (Lipinski definition) is 6. The van der Waals surface area contributed by atoms with Gasteiger partial charge in [-0.15, -0.1) is 0 Å². The van der Waals surface area contributed by atoms with E-state index in [9.17, 15) is 9.46 Å². The van der Waals surface area contributed by atoms with Crippen molar-refractivity contribution < 1.29 is 14.2 Å². The monoisotopic (exact) mass is 448 g/mol. The summed E-state index contributed by atoms with van der Waals surface area (Å²) in [5, 5.41) is 5.52. The second kappa shape index (κ2) is 8.54. The molecule has 0 amide bonds. The number of nitrogens with zero attached hydrogens (tertiary/aromatic N) is 2. The Morgan fingerprint density at radius 2 is 1.78 bits per heavy atom. The fraction of sp³-hybridized carbons (Fsp3) is 0.125. The summed E-state index contributed by atoms with van der Waals surface area (Å²) in [6.07, 6.45) is 1.66. The molecule has 1 aromatic heterocycles. The summed E-state index contributed by atoms with van der Waals surface area (Å²) in [4.78, 5) is 16.2. The Labute approximate surface area is 186 Å². The van der Waals surface area contributed by atoms with Crippen molar-refractivity contribution in [3.05, 3.63) is 72.9 Å². The van der Waals surface area contributed by atoms with Crippen molar-refractivity contribution in [3.8, 4) is 11.5 Å². The van der Waals surface area contributed by atoms with E-state index in [2.05, 4.69) is 10.3 Å². The van der Waals surface area contributed by atoms with E-state index in [-0.39, 0.29) is 0 Å². The number of benzene rings is 3. The van der Waals surface area contributed by atoms with Crippen molar-refractivity contribution in [2.24, 2.45) is 0 Å². The summed E-state index contributed by atoms with van der Waals surface area (Å²) >= 11 is 0. The van der Waals surface area contributed by atoms with Gasteiger partial charge in [0, 0.05) is 55.2 Å². The zero-order valence-corrected chi connectivity index (χ0v) is 19.0. The molecular weight excluding hydrogens is 423 g/mol. The van der Waals surface area contributed by atoms with Gasteiger partial charge in [-0.2, -0.15) is 0 Å². The normalized spacial score (nSPS) is 12.9. The van der Waals surface area contributed by atoms with E-state index < -0.39 is 7.37 Å². The average molecular weight is 448 g/mol. The number of aromatic nitrogens is 1. The summed E-state index contributed by atoms with van der Waals surface area (Å²) in [7, 11) is 0.274. The van der Waals surface area contributed by atoms with E-state index in [1.54, 1.807) is 30.5 Å². The van der Waals surface area contributed by atoms with Crippen LogP contribution in [-0.4, -0.2) is 30.6 Å². The molecule has 0 bridgehead atoms. The predicted molar refractivity (Wildman–Crippen MR) is 132 cm³/mol. The highest BCUT2D eigenvalue weighted by Gasteiger charge is 2.20. The highest BCUT2D eigenvalue weighted by molar-refractivity contribution is 7.65. The molecule has 0 spiro atoms. The van der Waals surface area contributed by atoms with Crippen molar-refractivity contribution >= 4 is 46.3 Å². The summed E-state index contributed by atoms with van der Waals surface area (Å²) in [5.74, 6) is 1.91. The average Bonchev–Trinajstić information content (AvgIpc) is 2.75. The number of pyridine rings is 1. The van der Waals surface area contributed by atoms with Crippen LogP contribution in [0.5, 0.6) is 11.5 Å². The fourth-order valence-electron chi connectivity index (χ4n) is 3.51. The molecule has 7 nitrogen and oxygen atoms in total. The van der Waals surface area contributed by atoms with Crippen LogP contribution in [0, 0.1) is 0 Å². The van der Waals surface area contributed by atoms with Crippen LogP contribution in [0.1, 0.15) is 0 Å². The molecule has 1 unspecified atom stereocenters. The van der Waals surface area contributed by atoms with Gasteiger partial charge in [0.1, 0.15) is 17.3 Å². The molecule has 4 rings (SSSR count). The first-order valence-electron chi connectivity index (χ1n) is 10.0. The van der Waals surface area contributed by atoms with Crippen molar-refractivity contribution in [2.45, 2.75) is 0 Å². The zero-order chi connectivity index (χ0) is 22.9. The lowest BCUT2D eigenvalue weighted by Crippen LogP contribution is -2.19. The molecule has 0 saturated carbocycles. The number of fused-ring (bicyclic) bond motifs is 1. The van der Waals surface area contributed by atoms with Gasteiger partial charge in [-0.1, -0.05) is 24.3 Å². The van der Waals surface area contributed by atoms with Crippen LogP contribution in [0.4, 0.5) is 22.9 Å². The predicted octanol–water partition coefficient (Wildman–Crippen LogP) is 4.94. The van der Waals surface area contributed by atoms with Gasteiger partial charge in [0.2, 0.25) is 7.37 Å². The van der Waals surface area contributed by atoms with Gasteiger partial charge >= 0.3 is 0 Å². The van der Waals surface area contributed by atoms with Crippen molar-refractivity contribution in [3.63, 3.8) is 0 Å². The number of rotatable bonds is 6. The van der Waals surface area contributed by atoms with Crippen molar-refractivity contribution in [1.29, 1.82) is 0 Å². The topological polar surface area (TPSA) is 101 Å². The minimum Gasteiger partial charge on any atom is -0.457 e. The van der Waals surface area contributed by atoms with Gasteiger partial charge in [0.05, 0.1) is 11.0 Å². The third-order valence-corrected chi connectivity index (χ3v) is 6.33. The first-order valence-corrected chi connectivity index (χ1v) is 12.1. The number of anilines is 4. The molecule has 0 saturated heterocycles. The second-order valence-electron chi connectivity index (χ2n) is 7.78. The summed E-state index contributed by atoms with van der Waals surface area (Å²) < 4.78 is 18.4. The lowest BCUT2D eigenvalue weighted by Gasteiger charge is -2.20. The third kappa shape index (κ3) is 4.54. The standard InChI is InChI=1S/C24H25N4O3P/c1-28(2)21-14-16(8-11-23(21)32(3,29)30)27-24-15-17(12-13-26-24)31-22-10-9-20(25)18-6-4-5-7-19(18)22/h4-15H,25H2,1-3H3,(H,26,27)(H,29,30). The number of hydrogen-bond donors (Lipinski definition) is 3. The fourth-order valence-corrected chi connectivity index (χ4v) is 4.55. The van der Waals surface area contributed by atoms with Gasteiger partial charge in [-0.3, -0.25) is 4.57 Å². The Balaban J connectivity index is 1.62. The van der Waals surface area contributed by atoms with Crippen LogP contribution in [0.3, 0.4) is 0 Å². The molecule has 1 atom stereocenters. The van der Waals surface area contributed by atoms with Crippen LogP contribution >= 0.6 is 7.37 Å². The Morgan fingerprint density at radius 3 is 2.50 bits per heavy atom. The molecule has 0 radical (unpaired) electrons. The summed E-state index contributed by atoms with van der Waals surface area (Å²) in [6.45, 7) is 1.34. The first-order chi connectivity index (χ1) is 15.2. The molecular formula is C24H25N4O3P. The Morgan fingerprint density at radius 1 is 1.03 bits per heavy atom. The van der Waals surface area contributed by atoms with Crippen LogP contribution < -0.4 is 26.0 Å². The smallest absolute Gasteiger partial charge is 0.228 e. The van der Waals surface area contributed by atoms with Gasteiger partial charge in [-0.05, 0) is 36.4 Å². The molecule has 1 heterocycles. The van der Waals surface area contributed by atoms with Crippen LogP contribution in [0.2, 0.25) is 0 Å². The van der Waals surface area contributed by atoms with Gasteiger partial charge in [-0.25, -0.2) is 4.98 Å². The molecule has 164 valence electrons. The van der Waals surface area contributed by atoms with E-state index in [1.165, 1.54) is 6.66 Å². The lowest BCUT2D eigenvalue weighted by molar-refractivity contribution is 0.488. The zero-order valence-electron chi connectivity index (χ0n) is 18.1. The first kappa shape index (κ1) is 21.7. The van der Waals surface area contributed by atoms with Gasteiger partial charge < -0.3 is 25.6 Å². The maximum Gasteiger partial charge on any atom is 0.228 e. The van der Waals surface area contributed by atoms with Crippen molar-refractivity contribution in [2.75, 3.05) is 36.7 Å². The Kier molecular flexibility index (Phi) is 5.78. The quantitative estimate of drug-likeness (QED) is 0.284. The molecule has 0 aliphatic carbocycles. The molecule has 4 N–H and O–H groups in total. The lowest BCUT2D eigenvalue weighted by atomic mass is 10.1. The van der Waals surface area contributed by atoms with Crippen LogP contribution in [0.25, 0.3) is 10.8 Å². The maximum absolute atomic E-state index is 12.2. The van der Waals surface area contributed by atoms with Crippen LogP contribution in [-0.2, 0) is 4.57 Å². The maximum atomic E-state index is 12.2. The molecule has 0 aliphatic heterocycles. The second-order valence-corrected chi connectivity index (χ2v) is 10.0. The minimum absolute atomic E-state index is 0.410. The number of nitrogens with two attached hydrogens (primary N) is 1. The third-order valence-electron chi connectivity index (χ3n) is 5.05. The van der Waals surface area contributed by atoms with Gasteiger partial charge in [0.25, 0.3) is 0 Å². The highest BCUT2D eigenvalue weighted by atomic mass is 31.2. The summed E-state index contributed by atoms with van der Waals surface area (Å²) in [5.41, 5.74) is 8.20. The number of ether oxygens (including phenoxy) is 1. The molecule has 8 heteroatoms. The number of nitrogens with one attached hydrogen (secondary N) is 1. The van der Waals surface area contributed by atoms with Crippen LogP contribution in [0.15, 0.2) is 72.9 Å². The molecule has 4 aromatic rings. The van der Waals surface area contributed by atoms with E-state index in [1.807, 2.05) is 61.5 Å². The molecule has 3 aromatic carbocycles. The largest absolute Gasteiger partial charge is 0.457 e. The van der Waals surface area contributed by atoms with Crippen molar-refractivity contribution in [1.82, 2.24) is 4.98 Å². The molecule has 0 aliphatic rings. The van der Waals surface area contributed by atoms with E-state index in [4.69, 9.17) is 10.5 Å². The molecule has 0 fully saturated rings. The number of nitrogen functional groups attached to an aromatic ring is 1. The Bertz CT molecular complexity index is 1330. The SMILES string of the molecule is CN(C)c1cc(Nc2cc(Oc3ccc(N)c4ccccc34)ccn2)ccc1P(C)(=O)O. The van der Waals surface area contributed by atoms with E-state index in [0.717, 1.165) is 16.5 Å². The van der Waals surface area contributed by atoms with Gasteiger partial charge in [0.15, 0.2) is 0 Å².